The highest BCUT2D eigenvalue weighted by atomic mass is 16.6. The average Bonchev–Trinajstić information content (AvgIpc) is 1.81. The quantitative estimate of drug-likeness (QED) is 0.606. The van der Waals surface area contributed by atoms with Crippen LogP contribution in [0.2, 0.25) is 0 Å². The zero-order chi connectivity index (χ0) is 8.15. The number of hydrogen-bond acceptors (Lipinski definition) is 2. The average molecular weight is 144 g/mol. The fourth-order valence-electron chi connectivity index (χ4n) is 0.828. The molecule has 10 heavy (non-hydrogen) atoms. The molecule has 0 spiro atoms. The standard InChI is InChI=1S/C7H14NO2/c1-4-6(5(2)3)10-7(8)9/h5-6,8H,4H2,1-3H3. The van der Waals surface area contributed by atoms with E-state index in [9.17, 15) is 4.79 Å². The summed E-state index contributed by atoms with van der Waals surface area (Å²) in [6, 6.07) is 0. The lowest BCUT2D eigenvalue weighted by Crippen LogP contribution is -2.22. The summed E-state index contributed by atoms with van der Waals surface area (Å²) in [5.74, 6) is 0.305. The van der Waals surface area contributed by atoms with Gasteiger partial charge in [0.2, 0.25) is 0 Å². The summed E-state index contributed by atoms with van der Waals surface area (Å²) >= 11 is 0. The van der Waals surface area contributed by atoms with Crippen LogP contribution in [0.5, 0.6) is 0 Å². The van der Waals surface area contributed by atoms with E-state index in [1.54, 1.807) is 0 Å². The third kappa shape index (κ3) is 3.33. The molecule has 1 N–H and O–H groups in total. The fourth-order valence-corrected chi connectivity index (χ4v) is 0.828. The SMILES string of the molecule is CCC(OC([NH])=O)C(C)C. The van der Waals surface area contributed by atoms with Crippen molar-refractivity contribution in [3.63, 3.8) is 0 Å². The largest absolute Gasteiger partial charge is 0.445 e. The molecule has 1 unspecified atom stereocenters. The van der Waals surface area contributed by atoms with Crippen LogP contribution in [-0.4, -0.2) is 12.2 Å². The van der Waals surface area contributed by atoms with Crippen molar-refractivity contribution in [1.29, 1.82) is 0 Å². The van der Waals surface area contributed by atoms with Crippen LogP contribution in [0.25, 0.3) is 0 Å². The normalized spacial score (nSPS) is 13.2. The number of amides is 1. The van der Waals surface area contributed by atoms with E-state index in [4.69, 9.17) is 5.73 Å². The summed E-state index contributed by atoms with van der Waals surface area (Å²) in [6.45, 7) is 5.88. The van der Waals surface area contributed by atoms with E-state index in [-0.39, 0.29) is 6.10 Å². The number of carbonyl (C=O) groups excluding carboxylic acids is 1. The predicted molar refractivity (Wildman–Crippen MR) is 38.5 cm³/mol. The van der Waals surface area contributed by atoms with Crippen molar-refractivity contribution >= 4 is 6.09 Å². The molecule has 0 aliphatic heterocycles. The van der Waals surface area contributed by atoms with E-state index in [0.29, 0.717) is 5.92 Å². The molecule has 1 atom stereocenters. The number of rotatable bonds is 3. The molecule has 1 amide bonds. The van der Waals surface area contributed by atoms with Crippen LogP contribution in [-0.2, 0) is 4.74 Å². The zero-order valence-electron chi connectivity index (χ0n) is 6.68. The van der Waals surface area contributed by atoms with Gasteiger partial charge in [0.1, 0.15) is 6.10 Å². The highest BCUT2D eigenvalue weighted by molar-refractivity contribution is 5.63. The van der Waals surface area contributed by atoms with E-state index in [2.05, 4.69) is 4.74 Å². The topological polar surface area (TPSA) is 50.1 Å². The van der Waals surface area contributed by atoms with Crippen molar-refractivity contribution in [3.8, 4) is 0 Å². The number of hydrogen-bond donors (Lipinski definition) is 0. The maximum Gasteiger partial charge on any atom is 0.426 e. The molecule has 0 aliphatic rings. The van der Waals surface area contributed by atoms with Gasteiger partial charge in [0, 0.05) is 0 Å². The third-order valence-corrected chi connectivity index (χ3v) is 1.40. The second kappa shape index (κ2) is 4.14. The molecule has 0 aliphatic carbocycles. The summed E-state index contributed by atoms with van der Waals surface area (Å²) < 4.78 is 4.69. The highest BCUT2D eigenvalue weighted by Gasteiger charge is 2.13. The van der Waals surface area contributed by atoms with Gasteiger partial charge in [0.15, 0.2) is 0 Å². The first kappa shape index (κ1) is 9.27. The molecule has 1 radical (unpaired) electrons. The first-order valence-corrected chi connectivity index (χ1v) is 3.50. The molecule has 3 nitrogen and oxygen atoms in total. The monoisotopic (exact) mass is 144 g/mol. The minimum Gasteiger partial charge on any atom is -0.445 e. The van der Waals surface area contributed by atoms with Crippen LogP contribution in [0.4, 0.5) is 4.79 Å². The Bertz CT molecular complexity index is 112. The van der Waals surface area contributed by atoms with Gasteiger partial charge < -0.3 is 4.74 Å². The molecule has 0 bridgehead atoms. The van der Waals surface area contributed by atoms with Crippen molar-refractivity contribution < 1.29 is 9.53 Å². The fraction of sp³-hybridized carbons (Fsp3) is 0.857. The minimum absolute atomic E-state index is 0.0926. The summed E-state index contributed by atoms with van der Waals surface area (Å²) in [5, 5.41) is 0. The van der Waals surface area contributed by atoms with Crippen LogP contribution < -0.4 is 5.73 Å². The molecular weight excluding hydrogens is 130 g/mol. The van der Waals surface area contributed by atoms with E-state index < -0.39 is 6.09 Å². The number of ether oxygens (including phenoxy) is 1. The Morgan fingerprint density at radius 1 is 1.60 bits per heavy atom. The van der Waals surface area contributed by atoms with Crippen molar-refractivity contribution in [2.75, 3.05) is 0 Å². The van der Waals surface area contributed by atoms with Gasteiger partial charge in [-0.2, -0.15) is 0 Å². The van der Waals surface area contributed by atoms with Crippen molar-refractivity contribution in [1.82, 2.24) is 5.73 Å². The van der Waals surface area contributed by atoms with Crippen molar-refractivity contribution in [3.05, 3.63) is 0 Å². The molecule has 59 valence electrons. The Morgan fingerprint density at radius 3 is 2.20 bits per heavy atom. The molecule has 0 heterocycles. The highest BCUT2D eigenvalue weighted by Crippen LogP contribution is 2.09. The molecular formula is C7H14NO2. The Hall–Kier alpha value is -0.730. The lowest BCUT2D eigenvalue weighted by atomic mass is 10.1. The first-order chi connectivity index (χ1) is 4.57. The van der Waals surface area contributed by atoms with Crippen LogP contribution in [0.15, 0.2) is 0 Å². The molecule has 0 aromatic heterocycles. The van der Waals surface area contributed by atoms with Gasteiger partial charge in [-0.3, -0.25) is 0 Å². The Morgan fingerprint density at radius 2 is 2.10 bits per heavy atom. The van der Waals surface area contributed by atoms with Crippen molar-refractivity contribution in [2.45, 2.75) is 33.3 Å². The first-order valence-electron chi connectivity index (χ1n) is 3.50. The summed E-state index contributed by atoms with van der Waals surface area (Å²) in [4.78, 5) is 10.2. The van der Waals surface area contributed by atoms with Gasteiger partial charge >= 0.3 is 6.09 Å². The molecule has 0 aromatic carbocycles. The minimum atomic E-state index is -0.930. The van der Waals surface area contributed by atoms with E-state index in [0.717, 1.165) is 6.42 Å². The lowest BCUT2D eigenvalue weighted by molar-refractivity contribution is 0.0748. The smallest absolute Gasteiger partial charge is 0.426 e. The van der Waals surface area contributed by atoms with Crippen LogP contribution in [0.1, 0.15) is 27.2 Å². The van der Waals surface area contributed by atoms with Crippen LogP contribution in [0.3, 0.4) is 0 Å². The predicted octanol–water partition coefficient (Wildman–Crippen LogP) is 1.84. The van der Waals surface area contributed by atoms with E-state index in [1.807, 2.05) is 20.8 Å². The molecule has 0 saturated heterocycles. The molecule has 0 saturated carbocycles. The van der Waals surface area contributed by atoms with E-state index in [1.165, 1.54) is 0 Å². The van der Waals surface area contributed by atoms with Gasteiger partial charge in [0.05, 0.1) is 0 Å². The number of carbonyl (C=O) groups is 1. The van der Waals surface area contributed by atoms with Gasteiger partial charge in [-0.15, -0.1) is 0 Å². The van der Waals surface area contributed by atoms with Crippen LogP contribution >= 0.6 is 0 Å². The summed E-state index contributed by atoms with van der Waals surface area (Å²) in [6.07, 6.45) is -0.243. The second-order valence-electron chi connectivity index (χ2n) is 2.60. The summed E-state index contributed by atoms with van der Waals surface area (Å²) in [7, 11) is 0. The van der Waals surface area contributed by atoms with Gasteiger partial charge in [-0.25, -0.2) is 10.5 Å². The third-order valence-electron chi connectivity index (χ3n) is 1.40. The molecule has 0 fully saturated rings. The molecule has 3 heteroatoms. The maximum absolute atomic E-state index is 10.2. The Kier molecular flexibility index (Phi) is 3.84. The van der Waals surface area contributed by atoms with Gasteiger partial charge in [0.25, 0.3) is 0 Å². The molecule has 0 rings (SSSR count). The number of nitrogens with one attached hydrogen (secondary N) is 1. The second-order valence-corrected chi connectivity index (χ2v) is 2.60. The van der Waals surface area contributed by atoms with E-state index >= 15 is 0 Å². The maximum atomic E-state index is 10.2. The summed E-state index contributed by atoms with van der Waals surface area (Å²) in [5.41, 5.74) is 6.54. The Balaban J connectivity index is 3.71. The lowest BCUT2D eigenvalue weighted by Gasteiger charge is -2.17. The van der Waals surface area contributed by atoms with Crippen LogP contribution in [0, 0.1) is 5.92 Å². The van der Waals surface area contributed by atoms with Gasteiger partial charge in [-0.1, -0.05) is 20.8 Å². The molecule has 0 aromatic rings. The Labute approximate surface area is 61.5 Å². The zero-order valence-corrected chi connectivity index (χ0v) is 6.68. The van der Waals surface area contributed by atoms with Gasteiger partial charge in [-0.05, 0) is 12.3 Å². The van der Waals surface area contributed by atoms with Crippen molar-refractivity contribution in [2.24, 2.45) is 5.92 Å².